The van der Waals surface area contributed by atoms with Gasteiger partial charge in [-0.2, -0.15) is 5.26 Å². The van der Waals surface area contributed by atoms with Crippen LogP contribution in [0.25, 0.3) is 0 Å². The van der Waals surface area contributed by atoms with Crippen LogP contribution in [0.15, 0.2) is 41.4 Å². The molecule has 4 rings (SSSR count). The fraction of sp³-hybridized carbons (Fsp3) is 0.500. The summed E-state index contributed by atoms with van der Waals surface area (Å²) >= 11 is 0. The predicted molar refractivity (Wildman–Crippen MR) is 126 cm³/mol. The molecule has 2 aromatic rings. The van der Waals surface area contributed by atoms with Gasteiger partial charge in [-0.1, -0.05) is 6.07 Å². The lowest BCUT2D eigenvalue weighted by Crippen LogP contribution is -2.42. The van der Waals surface area contributed by atoms with E-state index in [9.17, 15) is 12.8 Å². The summed E-state index contributed by atoms with van der Waals surface area (Å²) in [5.74, 6) is 0.266. The molecule has 0 bridgehead atoms. The molecule has 0 spiro atoms. The zero-order valence-electron chi connectivity index (χ0n) is 19.0. The summed E-state index contributed by atoms with van der Waals surface area (Å²) in [4.78, 5) is 6.62. The van der Waals surface area contributed by atoms with Crippen LogP contribution >= 0.6 is 0 Å². The maximum Gasteiger partial charge on any atom is 0.242 e. The van der Waals surface area contributed by atoms with Crippen molar-refractivity contribution < 1.29 is 17.5 Å². The van der Waals surface area contributed by atoms with Gasteiger partial charge in [0.2, 0.25) is 10.0 Å². The first-order valence-corrected chi connectivity index (χ1v) is 13.2. The van der Waals surface area contributed by atoms with E-state index >= 15 is 0 Å². The quantitative estimate of drug-likeness (QED) is 0.589. The predicted octanol–water partition coefficient (Wildman–Crippen LogP) is 2.35. The Kier molecular flexibility index (Phi) is 8.11. The van der Waals surface area contributed by atoms with Gasteiger partial charge in [0.15, 0.2) is 0 Å². The van der Waals surface area contributed by atoms with Crippen molar-refractivity contribution in [2.75, 3.05) is 37.7 Å². The molecule has 34 heavy (non-hydrogen) atoms. The molecule has 1 aromatic carbocycles. The van der Waals surface area contributed by atoms with Crippen LogP contribution in [0.5, 0.6) is 0 Å². The molecule has 2 aliphatic rings. The molecule has 2 fully saturated rings. The lowest BCUT2D eigenvalue weighted by Gasteiger charge is -2.30. The Hall–Kier alpha value is -2.58. The van der Waals surface area contributed by atoms with Crippen LogP contribution in [0.3, 0.4) is 0 Å². The Morgan fingerprint density at radius 1 is 1.12 bits per heavy atom. The minimum Gasteiger partial charge on any atom is -0.378 e. The fourth-order valence-corrected chi connectivity index (χ4v) is 5.70. The maximum atomic E-state index is 13.4. The molecule has 0 radical (unpaired) electrons. The van der Waals surface area contributed by atoms with Gasteiger partial charge in [0, 0.05) is 31.4 Å². The molecular weight excluding hydrogens is 457 g/mol. The lowest BCUT2D eigenvalue weighted by atomic mass is 9.91. The number of rotatable bonds is 8. The van der Waals surface area contributed by atoms with Crippen LogP contribution in [0.2, 0.25) is 0 Å². The molecule has 0 atom stereocenters. The van der Waals surface area contributed by atoms with Crippen molar-refractivity contribution in [1.29, 1.82) is 5.26 Å². The number of pyridine rings is 1. The standard InChI is InChI=1S/C24H30FN5O3S/c25-23-7-1-18(15-19(23)16-26)9-10-27-20-2-4-21(5-3-20)29-34(31,32)22-6-8-24(28-17-22)30-11-13-33-14-12-30/h1,6-8,15,17,20-21,27,29H,2-5,9-14H2. The van der Waals surface area contributed by atoms with Gasteiger partial charge in [0.25, 0.3) is 0 Å². The summed E-state index contributed by atoms with van der Waals surface area (Å²) in [6.07, 6.45) is 5.38. The van der Waals surface area contributed by atoms with E-state index in [4.69, 9.17) is 10.00 Å². The zero-order valence-corrected chi connectivity index (χ0v) is 19.9. The number of morpholine rings is 1. The van der Waals surface area contributed by atoms with E-state index in [0.717, 1.165) is 56.7 Å². The van der Waals surface area contributed by atoms with Gasteiger partial charge in [-0.15, -0.1) is 0 Å². The largest absolute Gasteiger partial charge is 0.378 e. The summed E-state index contributed by atoms with van der Waals surface area (Å²) in [7, 11) is -3.62. The number of nitrogens with one attached hydrogen (secondary N) is 2. The highest BCUT2D eigenvalue weighted by Crippen LogP contribution is 2.22. The number of sulfonamides is 1. The second kappa shape index (κ2) is 11.2. The molecule has 8 nitrogen and oxygen atoms in total. The molecule has 1 aromatic heterocycles. The number of hydrogen-bond donors (Lipinski definition) is 2. The lowest BCUT2D eigenvalue weighted by molar-refractivity contribution is 0.122. The average Bonchev–Trinajstić information content (AvgIpc) is 2.86. The van der Waals surface area contributed by atoms with Crippen LogP contribution < -0.4 is 14.9 Å². The highest BCUT2D eigenvalue weighted by molar-refractivity contribution is 7.89. The maximum absolute atomic E-state index is 13.4. The molecule has 10 heteroatoms. The Bertz CT molecular complexity index is 1110. The third-order valence-electron chi connectivity index (χ3n) is 6.41. The summed E-state index contributed by atoms with van der Waals surface area (Å²) in [6, 6.07) is 10.1. The summed E-state index contributed by atoms with van der Waals surface area (Å²) in [5.41, 5.74) is 0.983. The van der Waals surface area contributed by atoms with Gasteiger partial charge in [0.1, 0.15) is 22.6 Å². The first-order valence-electron chi connectivity index (χ1n) is 11.7. The Labute approximate surface area is 200 Å². The van der Waals surface area contributed by atoms with Crippen LogP contribution in [-0.4, -0.2) is 58.3 Å². The Balaban J connectivity index is 1.22. The number of aromatic nitrogens is 1. The molecule has 1 saturated heterocycles. The van der Waals surface area contributed by atoms with Crippen molar-refractivity contribution in [3.63, 3.8) is 0 Å². The van der Waals surface area contributed by atoms with Gasteiger partial charge >= 0.3 is 0 Å². The van der Waals surface area contributed by atoms with E-state index in [0.29, 0.717) is 25.7 Å². The second-order valence-corrected chi connectivity index (χ2v) is 10.5. The number of anilines is 1. The van der Waals surface area contributed by atoms with Crippen LogP contribution in [0.1, 0.15) is 36.8 Å². The van der Waals surface area contributed by atoms with Crippen LogP contribution in [0.4, 0.5) is 10.2 Å². The normalized spacial score (nSPS) is 21.2. The van der Waals surface area contributed by atoms with Crippen molar-refractivity contribution in [2.24, 2.45) is 0 Å². The minimum atomic E-state index is -3.62. The summed E-state index contributed by atoms with van der Waals surface area (Å²) < 4.78 is 47.3. The average molecular weight is 488 g/mol. The number of ether oxygens (including phenoxy) is 1. The van der Waals surface area contributed by atoms with Gasteiger partial charge in [-0.3, -0.25) is 0 Å². The third kappa shape index (κ3) is 6.30. The molecule has 1 aliphatic carbocycles. The van der Waals surface area contributed by atoms with E-state index in [-0.39, 0.29) is 16.5 Å². The first kappa shape index (κ1) is 24.5. The molecule has 0 amide bonds. The minimum absolute atomic E-state index is 0.0660. The molecule has 1 aliphatic heterocycles. The molecule has 2 heterocycles. The fourth-order valence-electron chi connectivity index (χ4n) is 4.45. The highest BCUT2D eigenvalue weighted by atomic mass is 32.2. The third-order valence-corrected chi connectivity index (χ3v) is 7.92. The van der Waals surface area contributed by atoms with E-state index in [2.05, 4.69) is 19.9 Å². The van der Waals surface area contributed by atoms with E-state index < -0.39 is 15.8 Å². The van der Waals surface area contributed by atoms with Crippen LogP contribution in [-0.2, 0) is 21.2 Å². The number of benzene rings is 1. The first-order chi connectivity index (χ1) is 16.4. The number of nitriles is 1. The highest BCUT2D eigenvalue weighted by Gasteiger charge is 2.26. The van der Waals surface area contributed by atoms with Gasteiger partial charge in [-0.25, -0.2) is 22.5 Å². The van der Waals surface area contributed by atoms with E-state index in [1.54, 1.807) is 24.3 Å². The van der Waals surface area contributed by atoms with Gasteiger partial charge in [0.05, 0.1) is 18.8 Å². The van der Waals surface area contributed by atoms with Gasteiger partial charge in [-0.05, 0) is 68.5 Å². The van der Waals surface area contributed by atoms with Crippen molar-refractivity contribution in [3.05, 3.63) is 53.5 Å². The Morgan fingerprint density at radius 2 is 1.85 bits per heavy atom. The summed E-state index contributed by atoms with van der Waals surface area (Å²) in [6.45, 7) is 3.52. The SMILES string of the molecule is N#Cc1cc(CCNC2CCC(NS(=O)(=O)c3ccc(N4CCOCC4)nc3)CC2)ccc1F. The molecule has 182 valence electrons. The molecular formula is C24H30FN5O3S. The number of hydrogen-bond acceptors (Lipinski definition) is 7. The second-order valence-electron chi connectivity index (χ2n) is 8.75. The van der Waals surface area contributed by atoms with E-state index in [1.807, 2.05) is 6.07 Å². The Morgan fingerprint density at radius 3 is 2.53 bits per heavy atom. The number of halogens is 1. The molecule has 1 saturated carbocycles. The number of nitrogens with zero attached hydrogens (tertiary/aromatic N) is 3. The smallest absolute Gasteiger partial charge is 0.242 e. The van der Waals surface area contributed by atoms with Crippen molar-refractivity contribution in [2.45, 2.75) is 49.1 Å². The molecule has 0 unspecified atom stereocenters. The topological polar surface area (TPSA) is 107 Å². The van der Waals surface area contributed by atoms with Crippen molar-refractivity contribution in [3.8, 4) is 6.07 Å². The zero-order chi connectivity index (χ0) is 24.0. The molecule has 2 N–H and O–H groups in total. The summed E-state index contributed by atoms with van der Waals surface area (Å²) in [5, 5.41) is 12.4. The van der Waals surface area contributed by atoms with Crippen LogP contribution in [0, 0.1) is 17.1 Å². The van der Waals surface area contributed by atoms with Crippen molar-refractivity contribution in [1.82, 2.24) is 15.0 Å². The van der Waals surface area contributed by atoms with Crippen molar-refractivity contribution >= 4 is 15.8 Å². The van der Waals surface area contributed by atoms with Gasteiger partial charge < -0.3 is 15.0 Å². The monoisotopic (exact) mass is 487 g/mol. The van der Waals surface area contributed by atoms with E-state index in [1.165, 1.54) is 12.3 Å².